The van der Waals surface area contributed by atoms with Crippen molar-refractivity contribution in [1.82, 2.24) is 23.5 Å². The number of anilines is 1. The van der Waals surface area contributed by atoms with Crippen LogP contribution in [0.1, 0.15) is 36.6 Å². The fraction of sp³-hybridized carbons (Fsp3) is 0.350. The predicted octanol–water partition coefficient (Wildman–Crippen LogP) is 2.91. The van der Waals surface area contributed by atoms with Crippen molar-refractivity contribution in [3.8, 4) is 28.7 Å². The molecular formula is C40H40N6O10. The Bertz CT molecular complexity index is 2650. The normalized spacial score (nSPS) is 21.4. The summed E-state index contributed by atoms with van der Waals surface area (Å²) < 4.78 is 27.0. The van der Waals surface area contributed by atoms with Gasteiger partial charge in [0.15, 0.2) is 23.0 Å². The molecule has 1 N–H and O–H groups in total. The number of phenolic OH excluding ortho intramolecular Hbond substituents is 1. The highest BCUT2D eigenvalue weighted by molar-refractivity contribution is 6.24. The molecule has 4 heterocycles. The van der Waals surface area contributed by atoms with Gasteiger partial charge in [-0.2, -0.15) is 0 Å². The molecule has 1 aliphatic carbocycles. The summed E-state index contributed by atoms with van der Waals surface area (Å²) in [6, 6.07) is 14.4. The summed E-state index contributed by atoms with van der Waals surface area (Å²) in [5.41, 5.74) is -0.241. The zero-order chi connectivity index (χ0) is 39.8. The third-order valence-electron chi connectivity index (χ3n) is 11.7. The summed E-state index contributed by atoms with van der Waals surface area (Å²) in [5.74, 6) is -1.74. The minimum atomic E-state index is -1.34. The van der Waals surface area contributed by atoms with Crippen molar-refractivity contribution >= 4 is 28.5 Å². The van der Waals surface area contributed by atoms with E-state index in [1.165, 1.54) is 47.3 Å². The number of amides is 2. The van der Waals surface area contributed by atoms with Crippen LogP contribution >= 0.6 is 0 Å². The number of hydrogen-bond acceptors (Lipinski definition) is 11. The molecule has 4 atom stereocenters. The molecule has 0 unspecified atom stereocenters. The van der Waals surface area contributed by atoms with Gasteiger partial charge in [0.25, 0.3) is 5.56 Å². The number of methoxy groups -OCH3 is 4. The number of carbonyl (C=O) groups is 2. The van der Waals surface area contributed by atoms with Crippen LogP contribution in [0.3, 0.4) is 0 Å². The van der Waals surface area contributed by atoms with Crippen molar-refractivity contribution in [2.24, 2.45) is 18.4 Å². The van der Waals surface area contributed by atoms with E-state index in [0.717, 1.165) is 4.57 Å². The first-order valence-corrected chi connectivity index (χ1v) is 18.0. The number of imide groups is 1. The maximum atomic E-state index is 14.7. The lowest BCUT2D eigenvalue weighted by molar-refractivity contribution is -0.129. The lowest BCUT2D eigenvalue weighted by Crippen LogP contribution is -2.49. The number of benzene rings is 3. The molecule has 56 heavy (non-hydrogen) atoms. The molecule has 0 bridgehead atoms. The van der Waals surface area contributed by atoms with Crippen LogP contribution in [-0.2, 0) is 36.1 Å². The first-order valence-electron chi connectivity index (χ1n) is 18.0. The SMILES string of the molecule is COc1cc2nc(CCn3c(=O)n4n(c3=O)[C@@H]3C[C@H]5C(=O)N(c6ccccc6)C(=O)[C@@]5(C)[C@@H](c5cc(OC)c(O)c(OC)c5)C3=CC4)c(=O)n(C)c2cc1OC. The van der Waals surface area contributed by atoms with Crippen LogP contribution in [0.15, 0.2) is 80.6 Å². The number of nitrogens with zero attached hydrogens (tertiary/aromatic N) is 6. The molecule has 16 nitrogen and oxygen atoms in total. The quantitative estimate of drug-likeness (QED) is 0.172. The van der Waals surface area contributed by atoms with Gasteiger partial charge in [-0.3, -0.25) is 14.4 Å². The Morgan fingerprint density at radius 1 is 0.857 bits per heavy atom. The van der Waals surface area contributed by atoms with Gasteiger partial charge in [0, 0.05) is 38.1 Å². The van der Waals surface area contributed by atoms with Gasteiger partial charge in [-0.1, -0.05) is 24.3 Å². The van der Waals surface area contributed by atoms with E-state index in [4.69, 9.17) is 18.9 Å². The van der Waals surface area contributed by atoms with E-state index in [1.54, 1.807) is 68.6 Å². The first-order chi connectivity index (χ1) is 26.9. The maximum absolute atomic E-state index is 14.7. The maximum Gasteiger partial charge on any atom is 0.347 e. The van der Waals surface area contributed by atoms with Gasteiger partial charge in [-0.05, 0) is 48.7 Å². The number of fused-ring (bicyclic) bond motifs is 5. The molecule has 0 spiro atoms. The van der Waals surface area contributed by atoms with Gasteiger partial charge in [-0.25, -0.2) is 33.4 Å². The van der Waals surface area contributed by atoms with E-state index in [1.807, 2.05) is 6.08 Å². The molecular weight excluding hydrogens is 724 g/mol. The van der Waals surface area contributed by atoms with E-state index in [9.17, 15) is 29.1 Å². The molecule has 3 aromatic carbocycles. The largest absolute Gasteiger partial charge is 0.502 e. The van der Waals surface area contributed by atoms with Crippen molar-refractivity contribution in [2.45, 2.75) is 44.8 Å². The number of aromatic hydroxyl groups is 1. The summed E-state index contributed by atoms with van der Waals surface area (Å²) in [4.78, 5) is 76.8. The monoisotopic (exact) mass is 764 g/mol. The van der Waals surface area contributed by atoms with E-state index in [0.29, 0.717) is 39.4 Å². The van der Waals surface area contributed by atoms with Gasteiger partial charge in [0.2, 0.25) is 17.6 Å². The first kappa shape index (κ1) is 36.4. The van der Waals surface area contributed by atoms with Crippen LogP contribution in [0.25, 0.3) is 11.0 Å². The van der Waals surface area contributed by atoms with Crippen LogP contribution in [0.4, 0.5) is 5.69 Å². The molecule has 0 radical (unpaired) electrons. The standard InChI is InChI=1S/C40H40N6O10/c1-40-24(35(48)45(37(40)50)22-10-8-7-9-11-22)18-27-23(33(40)21-16-31(55-5)34(47)32(17-21)56-6)12-15-44-38(51)43(39(52)46(27)44)14-13-25-36(49)42(2)28-20-30(54-4)29(53-3)19-26(28)41-25/h7-12,16-17,19-20,24,27,33,47H,13-15,18H2,1-6H3/t24-,27+,33-,40+/m0/s1. The number of allylic oxidation sites excluding steroid dienone is 2. The highest BCUT2D eigenvalue weighted by Crippen LogP contribution is 2.62. The molecule has 3 aliphatic rings. The van der Waals surface area contributed by atoms with Crippen molar-refractivity contribution in [3.05, 3.63) is 109 Å². The van der Waals surface area contributed by atoms with Gasteiger partial charge in [0.1, 0.15) is 5.69 Å². The molecule has 1 saturated heterocycles. The highest BCUT2D eigenvalue weighted by Gasteiger charge is 2.65. The number of phenols is 1. The zero-order valence-corrected chi connectivity index (χ0v) is 31.6. The van der Waals surface area contributed by atoms with E-state index < -0.39 is 52.0 Å². The van der Waals surface area contributed by atoms with Crippen LogP contribution in [-0.4, -0.2) is 68.8 Å². The Labute approximate surface area is 319 Å². The molecule has 2 amide bonds. The molecule has 16 heteroatoms. The smallest absolute Gasteiger partial charge is 0.347 e. The Morgan fingerprint density at radius 3 is 2.14 bits per heavy atom. The number of carbonyl (C=O) groups excluding carboxylic acids is 2. The van der Waals surface area contributed by atoms with Crippen LogP contribution in [0, 0.1) is 11.3 Å². The van der Waals surface area contributed by atoms with Crippen LogP contribution in [0.5, 0.6) is 28.7 Å². The van der Waals surface area contributed by atoms with Gasteiger partial charge >= 0.3 is 11.4 Å². The predicted molar refractivity (Wildman–Crippen MR) is 203 cm³/mol. The van der Waals surface area contributed by atoms with Gasteiger partial charge in [-0.15, -0.1) is 0 Å². The molecule has 5 aromatic rings. The third-order valence-corrected chi connectivity index (χ3v) is 11.7. The molecule has 2 aliphatic heterocycles. The van der Waals surface area contributed by atoms with Crippen molar-refractivity contribution in [3.63, 3.8) is 0 Å². The summed E-state index contributed by atoms with van der Waals surface area (Å²) >= 11 is 0. The zero-order valence-electron chi connectivity index (χ0n) is 31.6. The lowest BCUT2D eigenvalue weighted by Gasteiger charge is -2.47. The molecule has 8 rings (SSSR count). The number of hydrogen-bond donors (Lipinski definition) is 1. The van der Waals surface area contributed by atoms with Crippen molar-refractivity contribution in [1.29, 1.82) is 0 Å². The Hall–Kier alpha value is -6.58. The summed E-state index contributed by atoms with van der Waals surface area (Å²) in [6.45, 7) is 1.61. The summed E-state index contributed by atoms with van der Waals surface area (Å²) in [6.07, 6.45) is 1.86. The number of aryl methyl sites for hydroxylation is 2. The molecule has 2 aromatic heterocycles. The minimum Gasteiger partial charge on any atom is -0.502 e. The Kier molecular flexibility index (Phi) is 8.66. The van der Waals surface area contributed by atoms with Gasteiger partial charge in [0.05, 0.1) is 69.1 Å². The number of aromatic nitrogens is 5. The topological polar surface area (TPSA) is 178 Å². The average Bonchev–Trinajstić information content (AvgIpc) is 3.57. The Morgan fingerprint density at radius 2 is 1.50 bits per heavy atom. The van der Waals surface area contributed by atoms with Crippen molar-refractivity contribution in [2.75, 3.05) is 33.3 Å². The molecule has 2 fully saturated rings. The number of ether oxygens (including phenoxy) is 4. The molecule has 290 valence electrons. The number of rotatable bonds is 9. The second-order valence-corrected chi connectivity index (χ2v) is 14.3. The molecule has 1 saturated carbocycles. The fourth-order valence-electron chi connectivity index (χ4n) is 8.89. The van der Waals surface area contributed by atoms with Crippen molar-refractivity contribution < 1.29 is 33.6 Å². The van der Waals surface area contributed by atoms with Gasteiger partial charge < -0.3 is 28.6 Å². The highest BCUT2D eigenvalue weighted by atomic mass is 16.5. The van der Waals surface area contributed by atoms with E-state index in [2.05, 4.69) is 4.98 Å². The third kappa shape index (κ3) is 5.11. The van der Waals surface area contributed by atoms with E-state index >= 15 is 0 Å². The lowest BCUT2D eigenvalue weighted by atomic mass is 9.56. The van der Waals surface area contributed by atoms with Crippen LogP contribution in [0.2, 0.25) is 0 Å². The minimum absolute atomic E-state index is 0.00133. The van der Waals surface area contributed by atoms with Crippen LogP contribution < -0.4 is 40.8 Å². The second kappa shape index (κ2) is 13.3. The summed E-state index contributed by atoms with van der Waals surface area (Å²) in [7, 11) is 7.38. The Balaban J connectivity index is 1.23. The summed E-state index contributed by atoms with van der Waals surface area (Å²) in [5, 5.41) is 10.8. The average molecular weight is 765 g/mol. The second-order valence-electron chi connectivity index (χ2n) is 14.3. The number of para-hydroxylation sites is 1. The fourth-order valence-corrected chi connectivity index (χ4v) is 8.89. The van der Waals surface area contributed by atoms with E-state index in [-0.39, 0.29) is 48.9 Å².